The van der Waals surface area contributed by atoms with Crippen LogP contribution in [-0.4, -0.2) is 11.3 Å². The Hall–Kier alpha value is -1.58. The van der Waals surface area contributed by atoms with E-state index in [1.165, 1.54) is 12.1 Å². The third-order valence-electron chi connectivity index (χ3n) is 2.24. The van der Waals surface area contributed by atoms with Gasteiger partial charge < -0.3 is 9.84 Å². The van der Waals surface area contributed by atoms with Crippen molar-refractivity contribution in [2.24, 2.45) is 0 Å². The van der Waals surface area contributed by atoms with Crippen molar-refractivity contribution in [3.8, 4) is 0 Å². The minimum Gasteiger partial charge on any atom is -0.450 e. The fraction of sp³-hybridized carbons (Fsp3) is 0.417. The fourth-order valence-electron chi connectivity index (χ4n) is 1.29. The van der Waals surface area contributed by atoms with Crippen LogP contribution >= 0.6 is 0 Å². The molecule has 4 heteroatoms. The summed E-state index contributed by atoms with van der Waals surface area (Å²) >= 11 is 0. The molecule has 1 N–H and O–H groups in total. The van der Waals surface area contributed by atoms with E-state index in [4.69, 9.17) is 5.11 Å². The SMILES string of the molecule is CC(C)(C)c1ccc(C(F)OC(=O)O)cc1. The average Bonchev–Trinajstić information content (AvgIpc) is 2.15. The van der Waals surface area contributed by atoms with E-state index in [1.54, 1.807) is 12.1 Å². The summed E-state index contributed by atoms with van der Waals surface area (Å²) in [5, 5.41) is 8.27. The van der Waals surface area contributed by atoms with Crippen molar-refractivity contribution in [1.82, 2.24) is 0 Å². The molecule has 0 saturated heterocycles. The number of carbonyl (C=O) groups is 1. The number of halogens is 1. The molecule has 0 bridgehead atoms. The van der Waals surface area contributed by atoms with Gasteiger partial charge in [-0.2, -0.15) is 4.39 Å². The number of carboxylic acid groups (broad SMARTS) is 1. The zero-order chi connectivity index (χ0) is 12.3. The zero-order valence-corrected chi connectivity index (χ0v) is 9.53. The zero-order valence-electron chi connectivity index (χ0n) is 9.53. The van der Waals surface area contributed by atoms with Gasteiger partial charge in [0.05, 0.1) is 0 Å². The number of alkyl halides is 1. The predicted molar refractivity (Wildman–Crippen MR) is 58.1 cm³/mol. The van der Waals surface area contributed by atoms with Crippen LogP contribution in [0, 0.1) is 0 Å². The van der Waals surface area contributed by atoms with E-state index in [9.17, 15) is 9.18 Å². The predicted octanol–water partition coefficient (Wildman–Crippen LogP) is 3.65. The summed E-state index contributed by atoms with van der Waals surface area (Å²) in [6.07, 6.45) is -3.54. The van der Waals surface area contributed by atoms with Gasteiger partial charge in [-0.25, -0.2) is 4.79 Å². The fourth-order valence-corrected chi connectivity index (χ4v) is 1.29. The van der Waals surface area contributed by atoms with E-state index in [-0.39, 0.29) is 11.0 Å². The van der Waals surface area contributed by atoms with Gasteiger partial charge in [-0.3, -0.25) is 0 Å². The maximum absolute atomic E-state index is 13.2. The van der Waals surface area contributed by atoms with Crippen LogP contribution in [0.15, 0.2) is 24.3 Å². The van der Waals surface area contributed by atoms with Crippen LogP contribution in [0.2, 0.25) is 0 Å². The smallest absolute Gasteiger partial charge is 0.450 e. The van der Waals surface area contributed by atoms with Crippen LogP contribution in [0.4, 0.5) is 9.18 Å². The molecular weight excluding hydrogens is 211 g/mol. The molecule has 0 heterocycles. The van der Waals surface area contributed by atoms with Crippen LogP contribution in [0.25, 0.3) is 0 Å². The third kappa shape index (κ3) is 3.22. The first-order valence-electron chi connectivity index (χ1n) is 4.95. The molecule has 0 spiro atoms. The molecule has 1 unspecified atom stereocenters. The molecule has 16 heavy (non-hydrogen) atoms. The number of benzene rings is 1. The highest BCUT2D eigenvalue weighted by Gasteiger charge is 2.17. The van der Waals surface area contributed by atoms with Gasteiger partial charge in [0, 0.05) is 5.56 Å². The largest absolute Gasteiger partial charge is 0.508 e. The maximum Gasteiger partial charge on any atom is 0.508 e. The average molecular weight is 226 g/mol. The molecule has 1 aromatic carbocycles. The van der Waals surface area contributed by atoms with Crippen LogP contribution in [-0.2, 0) is 10.2 Å². The van der Waals surface area contributed by atoms with Crippen LogP contribution in [0.1, 0.15) is 38.3 Å². The monoisotopic (exact) mass is 226 g/mol. The number of hydrogen-bond donors (Lipinski definition) is 1. The summed E-state index contributed by atoms with van der Waals surface area (Å²) < 4.78 is 17.2. The minimum absolute atomic E-state index is 0.0159. The first kappa shape index (κ1) is 12.5. The third-order valence-corrected chi connectivity index (χ3v) is 2.24. The second kappa shape index (κ2) is 4.51. The Balaban J connectivity index is 2.83. The van der Waals surface area contributed by atoms with Gasteiger partial charge in [0.1, 0.15) is 0 Å². The summed E-state index contributed by atoms with van der Waals surface area (Å²) in [6.45, 7) is 6.13. The van der Waals surface area contributed by atoms with Gasteiger partial charge in [-0.05, 0) is 11.0 Å². The van der Waals surface area contributed by atoms with Crippen LogP contribution in [0.3, 0.4) is 0 Å². The Labute approximate surface area is 93.9 Å². The molecule has 1 atom stereocenters. The van der Waals surface area contributed by atoms with E-state index < -0.39 is 12.5 Å². The molecule has 0 aliphatic carbocycles. The molecule has 3 nitrogen and oxygen atoms in total. The van der Waals surface area contributed by atoms with Gasteiger partial charge in [0.25, 0.3) is 6.36 Å². The van der Waals surface area contributed by atoms with Gasteiger partial charge in [0.15, 0.2) is 0 Å². The molecule has 0 aromatic heterocycles. The highest BCUT2D eigenvalue weighted by Crippen LogP contribution is 2.25. The van der Waals surface area contributed by atoms with Gasteiger partial charge in [0.2, 0.25) is 0 Å². The van der Waals surface area contributed by atoms with Crippen molar-refractivity contribution in [3.63, 3.8) is 0 Å². The Kier molecular flexibility index (Phi) is 3.52. The molecule has 88 valence electrons. The first-order chi connectivity index (χ1) is 7.30. The first-order valence-corrected chi connectivity index (χ1v) is 4.95. The van der Waals surface area contributed by atoms with Gasteiger partial charge in [-0.1, -0.05) is 45.0 Å². The second-order valence-electron chi connectivity index (χ2n) is 4.57. The van der Waals surface area contributed by atoms with Crippen molar-refractivity contribution in [1.29, 1.82) is 0 Å². The highest BCUT2D eigenvalue weighted by molar-refractivity contribution is 5.57. The topological polar surface area (TPSA) is 46.5 Å². The summed E-state index contributed by atoms with van der Waals surface area (Å²) in [5.41, 5.74) is 1.24. The molecule has 0 aliphatic heterocycles. The molecule has 0 saturated carbocycles. The van der Waals surface area contributed by atoms with Crippen molar-refractivity contribution < 1.29 is 19.0 Å². The normalized spacial score (nSPS) is 13.2. The van der Waals surface area contributed by atoms with E-state index in [0.29, 0.717) is 0 Å². The molecule has 0 radical (unpaired) electrons. The second-order valence-corrected chi connectivity index (χ2v) is 4.57. The summed E-state index contributed by atoms with van der Waals surface area (Å²) in [7, 11) is 0. The van der Waals surface area contributed by atoms with Crippen LogP contribution < -0.4 is 0 Å². The quantitative estimate of drug-likeness (QED) is 0.783. The molecule has 1 aromatic rings. The van der Waals surface area contributed by atoms with E-state index in [0.717, 1.165) is 5.56 Å². The number of ether oxygens (including phenoxy) is 1. The summed E-state index contributed by atoms with van der Waals surface area (Å²) in [4.78, 5) is 10.1. The lowest BCUT2D eigenvalue weighted by Crippen LogP contribution is -2.11. The lowest BCUT2D eigenvalue weighted by molar-refractivity contribution is -0.0163. The summed E-state index contributed by atoms with van der Waals surface area (Å²) in [5.74, 6) is 0. The Morgan fingerprint density at radius 2 is 1.81 bits per heavy atom. The molecule has 1 rings (SSSR count). The van der Waals surface area contributed by atoms with Crippen LogP contribution in [0.5, 0.6) is 0 Å². The van der Waals surface area contributed by atoms with Crippen molar-refractivity contribution in [3.05, 3.63) is 35.4 Å². The Morgan fingerprint density at radius 3 is 2.19 bits per heavy atom. The molecular formula is C12H15FO3. The van der Waals surface area contributed by atoms with Crippen molar-refractivity contribution in [2.45, 2.75) is 32.5 Å². The maximum atomic E-state index is 13.2. The van der Waals surface area contributed by atoms with Gasteiger partial charge in [-0.15, -0.1) is 0 Å². The molecule has 0 amide bonds. The van der Waals surface area contributed by atoms with E-state index >= 15 is 0 Å². The molecule has 0 fully saturated rings. The number of hydrogen-bond acceptors (Lipinski definition) is 2. The summed E-state index contributed by atoms with van der Waals surface area (Å²) in [6, 6.07) is 6.61. The van der Waals surface area contributed by atoms with E-state index in [1.807, 2.05) is 20.8 Å². The lowest BCUT2D eigenvalue weighted by Gasteiger charge is -2.19. The number of rotatable bonds is 2. The standard InChI is InChI=1S/C12H15FO3/c1-12(2,3)9-6-4-8(5-7-9)10(13)16-11(14)15/h4-7,10H,1-3H3,(H,14,15). The van der Waals surface area contributed by atoms with Crippen molar-refractivity contribution in [2.75, 3.05) is 0 Å². The lowest BCUT2D eigenvalue weighted by atomic mass is 9.87. The van der Waals surface area contributed by atoms with Gasteiger partial charge >= 0.3 is 6.16 Å². The molecule has 0 aliphatic rings. The highest BCUT2D eigenvalue weighted by atomic mass is 19.1. The minimum atomic E-state index is -1.92. The van der Waals surface area contributed by atoms with E-state index in [2.05, 4.69) is 4.74 Å². The Bertz CT molecular complexity index is 365. The Morgan fingerprint density at radius 1 is 1.31 bits per heavy atom. The van der Waals surface area contributed by atoms with Crippen molar-refractivity contribution >= 4 is 6.16 Å².